The first-order valence-corrected chi connectivity index (χ1v) is 6.36. The van der Waals surface area contributed by atoms with Crippen molar-refractivity contribution in [2.24, 2.45) is 7.05 Å². The van der Waals surface area contributed by atoms with E-state index in [9.17, 15) is 20.0 Å². The van der Waals surface area contributed by atoms with Gasteiger partial charge in [-0.25, -0.2) is 0 Å². The highest BCUT2D eigenvalue weighted by atomic mass is 16.6. The van der Waals surface area contributed by atoms with Gasteiger partial charge in [0.25, 0.3) is 0 Å². The van der Waals surface area contributed by atoms with E-state index in [1.807, 2.05) is 6.07 Å². The van der Waals surface area contributed by atoms with Gasteiger partial charge in [0.2, 0.25) is 0 Å². The molecule has 0 radical (unpaired) electrons. The van der Waals surface area contributed by atoms with Gasteiger partial charge in [0.05, 0.1) is 4.92 Å². The normalized spacial score (nSPS) is 12.1. The highest BCUT2D eigenvalue weighted by Crippen LogP contribution is 2.31. The summed E-state index contributed by atoms with van der Waals surface area (Å²) in [6, 6.07) is 9.03. The van der Waals surface area contributed by atoms with Crippen LogP contribution in [-0.2, 0) is 18.3 Å². The SMILES string of the molecule is Cc1nn(C)c(C(Cc2ccccc2)C(=O)O)c1[N+](=O)[O-]. The number of carboxylic acid groups (broad SMARTS) is 1. The first-order chi connectivity index (χ1) is 9.91. The van der Waals surface area contributed by atoms with Crippen LogP contribution in [0.25, 0.3) is 0 Å². The summed E-state index contributed by atoms with van der Waals surface area (Å²) in [5, 5.41) is 24.6. The average molecular weight is 289 g/mol. The maximum absolute atomic E-state index is 11.6. The Morgan fingerprint density at radius 1 is 1.43 bits per heavy atom. The molecule has 1 aromatic carbocycles. The van der Waals surface area contributed by atoms with E-state index in [0.29, 0.717) is 0 Å². The van der Waals surface area contributed by atoms with E-state index < -0.39 is 16.8 Å². The molecule has 1 atom stereocenters. The molecule has 0 saturated heterocycles. The lowest BCUT2D eigenvalue weighted by atomic mass is 9.95. The second kappa shape index (κ2) is 5.74. The van der Waals surface area contributed by atoms with Crippen molar-refractivity contribution in [2.75, 3.05) is 0 Å². The van der Waals surface area contributed by atoms with Crippen molar-refractivity contribution >= 4 is 11.7 Å². The molecule has 0 amide bonds. The van der Waals surface area contributed by atoms with E-state index in [1.54, 1.807) is 24.3 Å². The third-order valence-electron chi connectivity index (χ3n) is 3.33. The Hall–Kier alpha value is -2.70. The number of carboxylic acids is 1. The monoisotopic (exact) mass is 289 g/mol. The van der Waals surface area contributed by atoms with Gasteiger partial charge >= 0.3 is 11.7 Å². The van der Waals surface area contributed by atoms with Crippen LogP contribution in [0.4, 0.5) is 5.69 Å². The van der Waals surface area contributed by atoms with Gasteiger partial charge in [0.1, 0.15) is 17.3 Å². The minimum absolute atomic E-state index is 0.119. The molecular formula is C14H15N3O4. The minimum atomic E-state index is -1.11. The van der Waals surface area contributed by atoms with E-state index in [2.05, 4.69) is 5.10 Å². The molecule has 0 saturated carbocycles. The molecule has 0 spiro atoms. The summed E-state index contributed by atoms with van der Waals surface area (Å²) in [6.45, 7) is 1.50. The van der Waals surface area contributed by atoms with Crippen molar-refractivity contribution in [3.63, 3.8) is 0 Å². The predicted octanol–water partition coefficient (Wildman–Crippen LogP) is 2.05. The van der Waals surface area contributed by atoms with Gasteiger partial charge in [-0.2, -0.15) is 5.10 Å². The summed E-state index contributed by atoms with van der Waals surface area (Å²) in [7, 11) is 1.52. The van der Waals surface area contributed by atoms with Gasteiger partial charge in [-0.15, -0.1) is 0 Å². The van der Waals surface area contributed by atoms with Crippen LogP contribution < -0.4 is 0 Å². The summed E-state index contributed by atoms with van der Waals surface area (Å²) < 4.78 is 1.29. The molecule has 0 aliphatic carbocycles. The number of hydrogen-bond donors (Lipinski definition) is 1. The predicted molar refractivity (Wildman–Crippen MR) is 75.1 cm³/mol. The van der Waals surface area contributed by atoms with Crippen LogP contribution in [0.3, 0.4) is 0 Å². The highest BCUT2D eigenvalue weighted by molar-refractivity contribution is 5.77. The number of aromatic nitrogens is 2. The molecule has 2 rings (SSSR count). The molecule has 2 aromatic rings. The zero-order valence-electron chi connectivity index (χ0n) is 11.7. The summed E-state index contributed by atoms with van der Waals surface area (Å²) in [4.78, 5) is 22.2. The highest BCUT2D eigenvalue weighted by Gasteiger charge is 2.34. The zero-order chi connectivity index (χ0) is 15.6. The third kappa shape index (κ3) is 2.91. The molecule has 1 heterocycles. The van der Waals surface area contributed by atoms with Crippen LogP contribution in [0.2, 0.25) is 0 Å². The topological polar surface area (TPSA) is 98.3 Å². The Kier molecular flexibility index (Phi) is 4.02. The number of aryl methyl sites for hydroxylation is 2. The van der Waals surface area contributed by atoms with Crippen molar-refractivity contribution in [1.82, 2.24) is 9.78 Å². The molecule has 0 aliphatic rings. The molecule has 7 heteroatoms. The lowest BCUT2D eigenvalue weighted by molar-refractivity contribution is -0.386. The van der Waals surface area contributed by atoms with Crippen LogP contribution in [0.1, 0.15) is 22.9 Å². The van der Waals surface area contributed by atoms with Gasteiger partial charge in [-0.1, -0.05) is 30.3 Å². The fourth-order valence-electron chi connectivity index (χ4n) is 2.43. The zero-order valence-corrected chi connectivity index (χ0v) is 11.7. The fraction of sp³-hybridized carbons (Fsp3) is 0.286. The van der Waals surface area contributed by atoms with Crippen LogP contribution in [-0.4, -0.2) is 25.8 Å². The van der Waals surface area contributed by atoms with Crippen LogP contribution >= 0.6 is 0 Å². The van der Waals surface area contributed by atoms with E-state index in [0.717, 1.165) is 5.56 Å². The molecule has 1 N–H and O–H groups in total. The smallest absolute Gasteiger partial charge is 0.313 e. The van der Waals surface area contributed by atoms with Gasteiger partial charge in [0, 0.05) is 7.05 Å². The number of benzene rings is 1. The van der Waals surface area contributed by atoms with Crippen molar-refractivity contribution in [3.05, 3.63) is 57.4 Å². The van der Waals surface area contributed by atoms with Crippen LogP contribution in [0.5, 0.6) is 0 Å². The summed E-state index contributed by atoms with van der Waals surface area (Å²) in [5.41, 5.74) is 0.921. The number of carbonyl (C=O) groups is 1. The Balaban J connectivity index is 2.49. The van der Waals surface area contributed by atoms with Gasteiger partial charge in [0.15, 0.2) is 0 Å². The number of hydrogen-bond acceptors (Lipinski definition) is 4. The third-order valence-corrected chi connectivity index (χ3v) is 3.33. The lowest BCUT2D eigenvalue weighted by Crippen LogP contribution is -2.19. The maximum atomic E-state index is 11.6. The number of rotatable bonds is 5. The van der Waals surface area contributed by atoms with Gasteiger partial charge < -0.3 is 5.11 Å². The van der Waals surface area contributed by atoms with Gasteiger partial charge in [-0.05, 0) is 18.9 Å². The summed E-state index contributed by atoms with van der Waals surface area (Å²) in [6.07, 6.45) is 0.177. The molecule has 0 bridgehead atoms. The second-order valence-electron chi connectivity index (χ2n) is 4.78. The Bertz CT molecular complexity index is 679. The number of nitrogens with zero attached hydrogens (tertiary/aromatic N) is 3. The average Bonchev–Trinajstić information content (AvgIpc) is 2.71. The van der Waals surface area contributed by atoms with Crippen molar-refractivity contribution in [3.8, 4) is 0 Å². The minimum Gasteiger partial charge on any atom is -0.481 e. The van der Waals surface area contributed by atoms with Gasteiger partial charge in [-0.3, -0.25) is 19.6 Å². The summed E-state index contributed by atoms with van der Waals surface area (Å²) in [5.74, 6) is -2.12. The second-order valence-corrected chi connectivity index (χ2v) is 4.78. The van der Waals surface area contributed by atoms with E-state index in [4.69, 9.17) is 0 Å². The molecule has 1 aromatic heterocycles. The molecule has 0 aliphatic heterocycles. The summed E-state index contributed by atoms with van der Waals surface area (Å²) >= 11 is 0. The quantitative estimate of drug-likeness (QED) is 0.671. The van der Waals surface area contributed by atoms with E-state index in [-0.39, 0.29) is 23.5 Å². The maximum Gasteiger partial charge on any atom is 0.313 e. The van der Waals surface area contributed by atoms with Crippen molar-refractivity contribution in [1.29, 1.82) is 0 Å². The number of nitro groups is 1. The van der Waals surface area contributed by atoms with Crippen molar-refractivity contribution in [2.45, 2.75) is 19.3 Å². The molecular weight excluding hydrogens is 274 g/mol. The molecule has 21 heavy (non-hydrogen) atoms. The van der Waals surface area contributed by atoms with Crippen LogP contribution in [0.15, 0.2) is 30.3 Å². The largest absolute Gasteiger partial charge is 0.481 e. The first-order valence-electron chi connectivity index (χ1n) is 6.36. The first kappa shape index (κ1) is 14.7. The fourth-order valence-corrected chi connectivity index (χ4v) is 2.43. The van der Waals surface area contributed by atoms with E-state index in [1.165, 1.54) is 18.7 Å². The molecule has 0 fully saturated rings. The Morgan fingerprint density at radius 2 is 2.05 bits per heavy atom. The van der Waals surface area contributed by atoms with Crippen LogP contribution in [0, 0.1) is 17.0 Å². The lowest BCUT2D eigenvalue weighted by Gasteiger charge is -2.12. The molecule has 7 nitrogen and oxygen atoms in total. The number of aliphatic carboxylic acids is 1. The standard InChI is InChI=1S/C14H15N3O4/c1-9-12(17(20)21)13(16(2)15-9)11(14(18)19)8-10-6-4-3-5-7-10/h3-7,11H,8H2,1-2H3,(H,18,19). The Labute approximate surface area is 121 Å². The van der Waals surface area contributed by atoms with E-state index >= 15 is 0 Å². The Morgan fingerprint density at radius 3 is 2.57 bits per heavy atom. The van der Waals surface area contributed by atoms with Crippen molar-refractivity contribution < 1.29 is 14.8 Å². The molecule has 1 unspecified atom stereocenters. The molecule has 110 valence electrons.